The minimum Gasteiger partial charge on any atom is -0.366 e. The van der Waals surface area contributed by atoms with Crippen LogP contribution in [-0.4, -0.2) is 34.3 Å². The maximum absolute atomic E-state index is 4.57. The standard InChI is InChI=1S/C13H23N5/c1-3-11(2)15-12-10-14-17-13(16-12)18-8-6-4-5-7-9-18/h10-11H,3-9H2,1-2H3,(H,15,16,17). The molecule has 1 aromatic heterocycles. The van der Waals surface area contributed by atoms with E-state index in [9.17, 15) is 0 Å². The second-order valence-electron chi connectivity index (χ2n) is 5.00. The van der Waals surface area contributed by atoms with Crippen molar-refractivity contribution in [3.05, 3.63) is 6.20 Å². The molecule has 2 rings (SSSR count). The summed E-state index contributed by atoms with van der Waals surface area (Å²) in [5.74, 6) is 1.60. The van der Waals surface area contributed by atoms with Gasteiger partial charge in [0.15, 0.2) is 5.82 Å². The zero-order valence-electron chi connectivity index (χ0n) is 11.4. The van der Waals surface area contributed by atoms with E-state index in [1.807, 2.05) is 0 Å². The largest absolute Gasteiger partial charge is 0.366 e. The minimum atomic E-state index is 0.415. The molecule has 0 amide bonds. The van der Waals surface area contributed by atoms with Crippen LogP contribution in [0.15, 0.2) is 6.20 Å². The Kier molecular flexibility index (Phi) is 4.73. The monoisotopic (exact) mass is 249 g/mol. The molecular formula is C13H23N5. The van der Waals surface area contributed by atoms with Crippen molar-refractivity contribution in [2.75, 3.05) is 23.3 Å². The number of rotatable bonds is 4. The Hall–Kier alpha value is -1.39. The fraction of sp³-hybridized carbons (Fsp3) is 0.769. The van der Waals surface area contributed by atoms with Crippen LogP contribution < -0.4 is 10.2 Å². The first-order chi connectivity index (χ1) is 8.79. The van der Waals surface area contributed by atoms with Crippen LogP contribution in [0.1, 0.15) is 46.0 Å². The van der Waals surface area contributed by atoms with Gasteiger partial charge in [0.2, 0.25) is 5.95 Å². The van der Waals surface area contributed by atoms with Gasteiger partial charge in [0.05, 0.1) is 6.20 Å². The first kappa shape index (κ1) is 13.1. The number of anilines is 2. The summed E-state index contributed by atoms with van der Waals surface area (Å²) >= 11 is 0. The topological polar surface area (TPSA) is 53.9 Å². The van der Waals surface area contributed by atoms with Gasteiger partial charge in [0.1, 0.15) is 0 Å². The van der Waals surface area contributed by atoms with E-state index in [0.717, 1.165) is 31.3 Å². The summed E-state index contributed by atoms with van der Waals surface area (Å²) < 4.78 is 0. The highest BCUT2D eigenvalue weighted by Gasteiger charge is 2.13. The van der Waals surface area contributed by atoms with Gasteiger partial charge < -0.3 is 10.2 Å². The summed E-state index contributed by atoms with van der Waals surface area (Å²) in [6.45, 7) is 6.40. The first-order valence-corrected chi connectivity index (χ1v) is 7.01. The third kappa shape index (κ3) is 3.55. The van der Waals surface area contributed by atoms with Crippen molar-refractivity contribution in [2.45, 2.75) is 52.0 Å². The molecule has 1 aliphatic heterocycles. The van der Waals surface area contributed by atoms with Crippen molar-refractivity contribution in [1.82, 2.24) is 15.2 Å². The van der Waals surface area contributed by atoms with E-state index in [1.54, 1.807) is 6.20 Å². The van der Waals surface area contributed by atoms with Crippen molar-refractivity contribution in [1.29, 1.82) is 0 Å². The zero-order chi connectivity index (χ0) is 12.8. The molecule has 0 bridgehead atoms. The number of aromatic nitrogens is 3. The van der Waals surface area contributed by atoms with Crippen LogP contribution in [0.5, 0.6) is 0 Å². The number of hydrogen-bond acceptors (Lipinski definition) is 5. The van der Waals surface area contributed by atoms with Gasteiger partial charge in [-0.05, 0) is 26.2 Å². The molecule has 2 heterocycles. The predicted molar refractivity (Wildman–Crippen MR) is 73.9 cm³/mol. The smallest absolute Gasteiger partial charge is 0.247 e. The molecule has 0 saturated carbocycles. The van der Waals surface area contributed by atoms with Crippen LogP contribution in [0.2, 0.25) is 0 Å². The van der Waals surface area contributed by atoms with Crippen molar-refractivity contribution in [2.24, 2.45) is 0 Å². The van der Waals surface area contributed by atoms with Crippen molar-refractivity contribution >= 4 is 11.8 Å². The van der Waals surface area contributed by atoms with Crippen molar-refractivity contribution in [3.8, 4) is 0 Å². The lowest BCUT2D eigenvalue weighted by atomic mass is 10.2. The summed E-state index contributed by atoms with van der Waals surface area (Å²) in [4.78, 5) is 6.82. The Balaban J connectivity index is 2.05. The van der Waals surface area contributed by atoms with Crippen LogP contribution in [0.3, 0.4) is 0 Å². The molecule has 0 aliphatic carbocycles. The highest BCUT2D eigenvalue weighted by atomic mass is 15.3. The Morgan fingerprint density at radius 1 is 1.28 bits per heavy atom. The molecule has 1 unspecified atom stereocenters. The normalized spacial score (nSPS) is 18.2. The quantitative estimate of drug-likeness (QED) is 0.888. The maximum Gasteiger partial charge on any atom is 0.247 e. The second-order valence-corrected chi connectivity index (χ2v) is 5.00. The molecule has 100 valence electrons. The third-order valence-electron chi connectivity index (χ3n) is 3.44. The zero-order valence-corrected chi connectivity index (χ0v) is 11.4. The highest BCUT2D eigenvalue weighted by molar-refractivity contribution is 5.39. The highest BCUT2D eigenvalue weighted by Crippen LogP contribution is 2.16. The van der Waals surface area contributed by atoms with E-state index in [0.29, 0.717) is 6.04 Å². The first-order valence-electron chi connectivity index (χ1n) is 7.01. The molecule has 1 aromatic rings. The molecule has 18 heavy (non-hydrogen) atoms. The van der Waals surface area contributed by atoms with Gasteiger partial charge >= 0.3 is 0 Å². The molecule has 0 aromatic carbocycles. The van der Waals surface area contributed by atoms with Crippen LogP contribution >= 0.6 is 0 Å². The van der Waals surface area contributed by atoms with Crippen LogP contribution in [0.4, 0.5) is 11.8 Å². The molecule has 1 aliphatic rings. The van der Waals surface area contributed by atoms with Gasteiger partial charge in [-0.1, -0.05) is 19.8 Å². The molecule has 1 atom stereocenters. The molecule has 1 fully saturated rings. The molecular weight excluding hydrogens is 226 g/mol. The third-order valence-corrected chi connectivity index (χ3v) is 3.44. The molecule has 0 radical (unpaired) electrons. The second kappa shape index (κ2) is 6.52. The summed E-state index contributed by atoms with van der Waals surface area (Å²) in [6, 6.07) is 0.415. The lowest BCUT2D eigenvalue weighted by molar-refractivity contribution is 0.726. The Bertz CT molecular complexity index is 360. The molecule has 5 nitrogen and oxygen atoms in total. The van der Waals surface area contributed by atoms with Gasteiger partial charge in [-0.2, -0.15) is 10.1 Å². The minimum absolute atomic E-state index is 0.415. The van der Waals surface area contributed by atoms with Crippen molar-refractivity contribution < 1.29 is 0 Å². The van der Waals surface area contributed by atoms with Gasteiger partial charge in [0.25, 0.3) is 0 Å². The number of hydrogen-bond donors (Lipinski definition) is 1. The van der Waals surface area contributed by atoms with E-state index in [4.69, 9.17) is 0 Å². The summed E-state index contributed by atoms with van der Waals surface area (Å²) in [5.41, 5.74) is 0. The Morgan fingerprint density at radius 2 is 2.00 bits per heavy atom. The number of nitrogens with zero attached hydrogens (tertiary/aromatic N) is 4. The molecule has 1 N–H and O–H groups in total. The molecule has 5 heteroatoms. The predicted octanol–water partition coefficient (Wildman–Crippen LogP) is 2.46. The van der Waals surface area contributed by atoms with E-state index in [-0.39, 0.29) is 0 Å². The molecule has 1 saturated heterocycles. The average Bonchev–Trinajstić information content (AvgIpc) is 2.68. The summed E-state index contributed by atoms with van der Waals surface area (Å²) in [5, 5.41) is 11.6. The van der Waals surface area contributed by atoms with E-state index in [2.05, 4.69) is 39.2 Å². The van der Waals surface area contributed by atoms with Gasteiger partial charge in [-0.25, -0.2) is 0 Å². The van der Waals surface area contributed by atoms with Gasteiger partial charge in [0, 0.05) is 19.1 Å². The lowest BCUT2D eigenvalue weighted by Gasteiger charge is -2.20. The van der Waals surface area contributed by atoms with Crippen LogP contribution in [0, 0.1) is 0 Å². The SMILES string of the molecule is CCC(C)Nc1cnnc(N2CCCCCC2)n1. The fourth-order valence-corrected chi connectivity index (χ4v) is 2.12. The number of nitrogens with one attached hydrogen (secondary N) is 1. The molecule has 0 spiro atoms. The van der Waals surface area contributed by atoms with E-state index >= 15 is 0 Å². The van der Waals surface area contributed by atoms with E-state index < -0.39 is 0 Å². The summed E-state index contributed by atoms with van der Waals surface area (Å²) in [7, 11) is 0. The van der Waals surface area contributed by atoms with Crippen molar-refractivity contribution in [3.63, 3.8) is 0 Å². The van der Waals surface area contributed by atoms with Crippen LogP contribution in [0.25, 0.3) is 0 Å². The fourth-order valence-electron chi connectivity index (χ4n) is 2.12. The lowest BCUT2D eigenvalue weighted by Crippen LogP contribution is -2.27. The van der Waals surface area contributed by atoms with Gasteiger partial charge in [-0.15, -0.1) is 5.10 Å². The average molecular weight is 249 g/mol. The van der Waals surface area contributed by atoms with E-state index in [1.165, 1.54) is 25.7 Å². The van der Waals surface area contributed by atoms with Crippen LogP contribution in [-0.2, 0) is 0 Å². The maximum atomic E-state index is 4.57. The van der Waals surface area contributed by atoms with Gasteiger partial charge in [-0.3, -0.25) is 0 Å². The Labute approximate surface area is 109 Å². The Morgan fingerprint density at radius 3 is 2.67 bits per heavy atom. The summed E-state index contributed by atoms with van der Waals surface area (Å²) in [6.07, 6.45) is 7.86.